The van der Waals surface area contributed by atoms with E-state index in [9.17, 15) is 9.59 Å². The third kappa shape index (κ3) is 6.58. The summed E-state index contributed by atoms with van der Waals surface area (Å²) in [6.07, 6.45) is 0. The number of carbonyl (C=O) groups is 2. The third-order valence-corrected chi connectivity index (χ3v) is 6.91. The van der Waals surface area contributed by atoms with E-state index in [1.807, 2.05) is 36.6 Å². The molecule has 0 aliphatic carbocycles. The second-order valence-electron chi connectivity index (χ2n) is 8.56. The van der Waals surface area contributed by atoms with Gasteiger partial charge in [0.15, 0.2) is 5.82 Å². The number of thiophene rings is 1. The maximum atomic E-state index is 12.7. The minimum Gasteiger partial charge on any atom is -0.350 e. The summed E-state index contributed by atoms with van der Waals surface area (Å²) in [5.74, 6) is 6.50. The van der Waals surface area contributed by atoms with Crippen LogP contribution < -0.4 is 11.2 Å². The highest BCUT2D eigenvalue weighted by Crippen LogP contribution is 2.26. The van der Waals surface area contributed by atoms with E-state index in [2.05, 4.69) is 48.4 Å². The fourth-order valence-corrected chi connectivity index (χ4v) is 4.52. The van der Waals surface area contributed by atoms with Crippen molar-refractivity contribution in [2.45, 2.75) is 44.8 Å². The number of nitrogens with one attached hydrogen (secondary N) is 1. The van der Waals surface area contributed by atoms with E-state index in [1.165, 1.54) is 26.9 Å². The van der Waals surface area contributed by atoms with Gasteiger partial charge in [0.25, 0.3) is 0 Å². The molecule has 0 bridgehead atoms. The molecule has 0 aliphatic rings. The van der Waals surface area contributed by atoms with Crippen molar-refractivity contribution in [1.29, 1.82) is 0 Å². The van der Waals surface area contributed by atoms with Crippen LogP contribution >= 0.6 is 23.1 Å². The molecule has 0 unspecified atom stereocenters. The molecule has 3 rings (SSSR count). The highest BCUT2D eigenvalue weighted by atomic mass is 32.2. The van der Waals surface area contributed by atoms with E-state index in [0.29, 0.717) is 24.1 Å². The average Bonchev–Trinajstić information content (AvgIpc) is 3.43. The van der Waals surface area contributed by atoms with Gasteiger partial charge >= 0.3 is 0 Å². The van der Waals surface area contributed by atoms with Gasteiger partial charge in [-0.2, -0.15) is 0 Å². The lowest BCUT2D eigenvalue weighted by molar-refractivity contribution is -0.133. The van der Waals surface area contributed by atoms with E-state index in [1.54, 1.807) is 11.3 Å². The van der Waals surface area contributed by atoms with Gasteiger partial charge in [-0.05, 0) is 29.3 Å². The summed E-state index contributed by atoms with van der Waals surface area (Å²) >= 11 is 2.78. The third-order valence-electron chi connectivity index (χ3n) is 5.11. The van der Waals surface area contributed by atoms with Gasteiger partial charge in [0.2, 0.25) is 17.0 Å². The van der Waals surface area contributed by atoms with Crippen molar-refractivity contribution in [2.75, 3.05) is 24.7 Å². The van der Waals surface area contributed by atoms with Crippen LogP contribution in [-0.4, -0.2) is 50.4 Å². The van der Waals surface area contributed by atoms with Crippen molar-refractivity contribution in [1.82, 2.24) is 25.1 Å². The molecular weight excluding hydrogens is 456 g/mol. The van der Waals surface area contributed by atoms with Crippen LogP contribution in [0.1, 0.15) is 38.1 Å². The van der Waals surface area contributed by atoms with Gasteiger partial charge in [-0.1, -0.05) is 62.9 Å². The molecule has 176 valence electrons. The van der Waals surface area contributed by atoms with Crippen LogP contribution in [0.25, 0.3) is 11.4 Å². The second-order valence-corrected chi connectivity index (χ2v) is 10.5. The molecule has 2 heterocycles. The molecule has 8 nitrogen and oxygen atoms in total. The highest BCUT2D eigenvalue weighted by Gasteiger charge is 2.19. The second kappa shape index (κ2) is 10.8. The first kappa shape index (κ1) is 24.8. The van der Waals surface area contributed by atoms with Crippen LogP contribution in [-0.2, 0) is 21.5 Å². The molecule has 3 aromatic rings. The van der Waals surface area contributed by atoms with Gasteiger partial charge in [0.1, 0.15) is 0 Å². The van der Waals surface area contributed by atoms with E-state index in [0.717, 1.165) is 10.4 Å². The standard InChI is InChI=1S/C23H30N6O2S2/c1-5-28(14-19(30)25-13-18-7-6-12-32-18)20(31)15-33-22-27-26-21(29(22)24)16-8-10-17(11-9-16)23(2,3)4/h6-12H,5,13-15,24H2,1-4H3,(H,25,30). The van der Waals surface area contributed by atoms with Gasteiger partial charge in [-0.15, -0.1) is 21.5 Å². The highest BCUT2D eigenvalue weighted by molar-refractivity contribution is 7.99. The smallest absolute Gasteiger partial charge is 0.239 e. The SMILES string of the molecule is CCN(CC(=O)NCc1cccs1)C(=O)CSc1nnc(-c2ccc(C(C)(C)C)cc2)n1N. The van der Waals surface area contributed by atoms with E-state index in [-0.39, 0.29) is 29.5 Å². The Kier molecular flexibility index (Phi) is 8.15. The Hall–Kier alpha value is -2.85. The van der Waals surface area contributed by atoms with Crippen LogP contribution in [0.3, 0.4) is 0 Å². The summed E-state index contributed by atoms with van der Waals surface area (Å²) < 4.78 is 1.40. The monoisotopic (exact) mass is 486 g/mol. The van der Waals surface area contributed by atoms with Gasteiger partial charge in [0.05, 0.1) is 18.8 Å². The minimum atomic E-state index is -0.188. The van der Waals surface area contributed by atoms with E-state index in [4.69, 9.17) is 5.84 Å². The Labute approximate surface area is 202 Å². The minimum absolute atomic E-state index is 0.0158. The number of benzene rings is 1. The molecule has 0 fully saturated rings. The number of hydrogen-bond acceptors (Lipinski definition) is 7. The van der Waals surface area contributed by atoms with Crippen LogP contribution in [0.4, 0.5) is 0 Å². The summed E-state index contributed by atoms with van der Waals surface area (Å²) in [6, 6.07) is 12.0. The Balaban J connectivity index is 1.56. The van der Waals surface area contributed by atoms with Crippen LogP contribution in [0.2, 0.25) is 0 Å². The van der Waals surface area contributed by atoms with Crippen molar-refractivity contribution in [3.05, 3.63) is 52.2 Å². The molecule has 0 spiro atoms. The quantitative estimate of drug-likeness (QED) is 0.355. The largest absolute Gasteiger partial charge is 0.350 e. The number of thioether (sulfide) groups is 1. The number of carbonyl (C=O) groups excluding carboxylic acids is 2. The average molecular weight is 487 g/mol. The predicted octanol–water partition coefficient (Wildman–Crippen LogP) is 3.27. The van der Waals surface area contributed by atoms with Crippen LogP contribution in [0.15, 0.2) is 46.9 Å². The van der Waals surface area contributed by atoms with Gasteiger partial charge in [0, 0.05) is 17.0 Å². The number of hydrogen-bond donors (Lipinski definition) is 2. The first-order valence-electron chi connectivity index (χ1n) is 10.7. The van der Waals surface area contributed by atoms with Gasteiger partial charge in [-0.25, -0.2) is 4.68 Å². The fraction of sp³-hybridized carbons (Fsp3) is 0.391. The number of nitrogens with two attached hydrogens (primary N) is 1. The van der Waals surface area contributed by atoms with Crippen molar-refractivity contribution < 1.29 is 9.59 Å². The van der Waals surface area contributed by atoms with Gasteiger partial charge in [-0.3, -0.25) is 9.59 Å². The number of rotatable bonds is 9. The van der Waals surface area contributed by atoms with Crippen molar-refractivity contribution in [3.8, 4) is 11.4 Å². The number of likely N-dealkylation sites (N-methyl/N-ethyl adjacent to an activating group) is 1. The summed E-state index contributed by atoms with van der Waals surface area (Å²) in [5, 5.41) is 13.6. The fourth-order valence-electron chi connectivity index (χ4n) is 3.11. The zero-order chi connectivity index (χ0) is 24.0. The Bertz CT molecular complexity index is 1070. The van der Waals surface area contributed by atoms with Crippen LogP contribution in [0, 0.1) is 0 Å². The van der Waals surface area contributed by atoms with E-state index >= 15 is 0 Å². The van der Waals surface area contributed by atoms with Crippen molar-refractivity contribution in [3.63, 3.8) is 0 Å². The topological polar surface area (TPSA) is 106 Å². The van der Waals surface area contributed by atoms with E-state index < -0.39 is 0 Å². The Morgan fingerprint density at radius 3 is 2.52 bits per heavy atom. The molecule has 0 saturated heterocycles. The normalized spacial score (nSPS) is 11.4. The molecule has 2 aromatic heterocycles. The van der Waals surface area contributed by atoms with Gasteiger partial charge < -0.3 is 16.1 Å². The Morgan fingerprint density at radius 2 is 1.91 bits per heavy atom. The molecule has 1 aromatic carbocycles. The number of nitrogens with zero attached hydrogens (tertiary/aromatic N) is 4. The molecular formula is C23H30N6O2S2. The van der Waals surface area contributed by atoms with Crippen molar-refractivity contribution in [2.24, 2.45) is 0 Å². The molecule has 2 amide bonds. The predicted molar refractivity (Wildman–Crippen MR) is 133 cm³/mol. The van der Waals surface area contributed by atoms with Crippen LogP contribution in [0.5, 0.6) is 0 Å². The number of nitrogen functional groups attached to an aromatic ring is 1. The number of amides is 2. The molecule has 10 heteroatoms. The molecule has 3 N–H and O–H groups in total. The molecule has 33 heavy (non-hydrogen) atoms. The maximum absolute atomic E-state index is 12.7. The summed E-state index contributed by atoms with van der Waals surface area (Å²) in [5.41, 5.74) is 2.13. The molecule has 0 atom stereocenters. The maximum Gasteiger partial charge on any atom is 0.239 e. The molecule has 0 aliphatic heterocycles. The van der Waals surface area contributed by atoms with Crippen molar-refractivity contribution >= 4 is 34.9 Å². The molecule has 0 radical (unpaired) electrons. The first-order valence-corrected chi connectivity index (χ1v) is 12.6. The number of aromatic nitrogens is 3. The lowest BCUT2D eigenvalue weighted by Gasteiger charge is -2.20. The summed E-state index contributed by atoms with van der Waals surface area (Å²) in [4.78, 5) is 27.5. The molecule has 0 saturated carbocycles. The summed E-state index contributed by atoms with van der Waals surface area (Å²) in [7, 11) is 0. The lowest BCUT2D eigenvalue weighted by atomic mass is 9.87. The first-order chi connectivity index (χ1) is 15.7. The zero-order valence-electron chi connectivity index (χ0n) is 19.4. The summed E-state index contributed by atoms with van der Waals surface area (Å²) in [6.45, 7) is 9.24. The zero-order valence-corrected chi connectivity index (χ0v) is 21.0. The lowest BCUT2D eigenvalue weighted by Crippen LogP contribution is -2.41. The Morgan fingerprint density at radius 1 is 1.18 bits per heavy atom.